The number of amides is 1. The van der Waals surface area contributed by atoms with Gasteiger partial charge in [0, 0.05) is 13.2 Å². The van der Waals surface area contributed by atoms with Crippen molar-refractivity contribution < 1.29 is 14.3 Å². The van der Waals surface area contributed by atoms with Gasteiger partial charge in [-0.3, -0.25) is 4.79 Å². The number of hydrogen-bond donors (Lipinski definition) is 2. The lowest BCUT2D eigenvalue weighted by molar-refractivity contribution is 0.0914. The zero-order chi connectivity index (χ0) is 9.68. The van der Waals surface area contributed by atoms with E-state index in [-0.39, 0.29) is 18.4 Å². The predicted octanol–water partition coefficient (Wildman–Crippen LogP) is 0.638. The Kier molecular flexibility index (Phi) is 3.52. The van der Waals surface area contributed by atoms with E-state index in [9.17, 15) is 4.79 Å². The van der Waals surface area contributed by atoms with Crippen molar-refractivity contribution in [2.75, 3.05) is 13.2 Å². The van der Waals surface area contributed by atoms with Crippen molar-refractivity contribution in [3.63, 3.8) is 0 Å². The molecule has 0 radical (unpaired) electrons. The number of furan rings is 1. The lowest BCUT2D eigenvalue weighted by atomic mass is 10.2. The highest BCUT2D eigenvalue weighted by Gasteiger charge is 2.08. The van der Waals surface area contributed by atoms with Gasteiger partial charge >= 0.3 is 0 Å². The summed E-state index contributed by atoms with van der Waals surface area (Å²) in [6.45, 7) is 2.37. The Bertz CT molecular complexity index is 256. The lowest BCUT2D eigenvalue weighted by Gasteiger charge is -2.07. The Hall–Kier alpha value is -1.29. The van der Waals surface area contributed by atoms with Crippen molar-refractivity contribution in [1.82, 2.24) is 5.32 Å². The molecule has 1 aromatic rings. The summed E-state index contributed by atoms with van der Waals surface area (Å²) in [5, 5.41) is 11.3. The van der Waals surface area contributed by atoms with Crippen molar-refractivity contribution in [2.24, 2.45) is 5.92 Å². The molecule has 0 spiro atoms. The van der Waals surface area contributed by atoms with Crippen LogP contribution in [0.15, 0.2) is 22.8 Å². The number of aliphatic hydroxyl groups excluding tert-OH is 1. The van der Waals surface area contributed by atoms with Crippen LogP contribution in [0.3, 0.4) is 0 Å². The van der Waals surface area contributed by atoms with Crippen molar-refractivity contribution in [3.05, 3.63) is 24.2 Å². The SMILES string of the molecule is CC(CO)CNC(=O)c1ccco1. The molecule has 1 atom stereocenters. The molecule has 1 aromatic heterocycles. The second-order valence-corrected chi connectivity index (χ2v) is 2.98. The number of aliphatic hydroxyl groups is 1. The summed E-state index contributed by atoms with van der Waals surface area (Å²) < 4.78 is 4.89. The Labute approximate surface area is 76.6 Å². The topological polar surface area (TPSA) is 62.5 Å². The maximum atomic E-state index is 11.2. The fourth-order valence-electron chi connectivity index (χ4n) is 0.826. The normalized spacial score (nSPS) is 12.5. The van der Waals surface area contributed by atoms with Crippen LogP contribution in [0.4, 0.5) is 0 Å². The van der Waals surface area contributed by atoms with Gasteiger partial charge in [0.1, 0.15) is 0 Å². The van der Waals surface area contributed by atoms with Gasteiger partial charge in [-0.25, -0.2) is 0 Å². The molecule has 1 amide bonds. The second-order valence-electron chi connectivity index (χ2n) is 2.98. The molecule has 0 fully saturated rings. The van der Waals surface area contributed by atoms with Gasteiger partial charge in [-0.15, -0.1) is 0 Å². The summed E-state index contributed by atoms with van der Waals surface area (Å²) in [6.07, 6.45) is 1.45. The monoisotopic (exact) mass is 183 g/mol. The zero-order valence-corrected chi connectivity index (χ0v) is 7.49. The number of nitrogens with one attached hydrogen (secondary N) is 1. The molecule has 0 saturated carbocycles. The van der Waals surface area contributed by atoms with Crippen molar-refractivity contribution in [2.45, 2.75) is 6.92 Å². The maximum absolute atomic E-state index is 11.2. The highest BCUT2D eigenvalue weighted by Crippen LogP contribution is 1.99. The molecular formula is C9H13NO3. The molecule has 2 N–H and O–H groups in total. The molecule has 0 saturated heterocycles. The first-order valence-electron chi connectivity index (χ1n) is 4.16. The van der Waals surface area contributed by atoms with Gasteiger partial charge < -0.3 is 14.8 Å². The van der Waals surface area contributed by atoms with Gasteiger partial charge in [0.05, 0.1) is 6.26 Å². The molecule has 1 heterocycles. The summed E-state index contributed by atoms with van der Waals surface area (Å²) in [5.41, 5.74) is 0. The van der Waals surface area contributed by atoms with Crippen LogP contribution in [0.2, 0.25) is 0 Å². The summed E-state index contributed by atoms with van der Waals surface area (Å²) in [6, 6.07) is 3.25. The summed E-state index contributed by atoms with van der Waals surface area (Å²) >= 11 is 0. The number of carbonyl (C=O) groups excluding carboxylic acids is 1. The maximum Gasteiger partial charge on any atom is 0.286 e. The van der Waals surface area contributed by atoms with Gasteiger partial charge in [0.15, 0.2) is 5.76 Å². The molecule has 72 valence electrons. The van der Waals surface area contributed by atoms with Crippen molar-refractivity contribution in [3.8, 4) is 0 Å². The molecule has 4 nitrogen and oxygen atoms in total. The van der Waals surface area contributed by atoms with Crippen LogP contribution in [0, 0.1) is 5.92 Å². The number of hydrogen-bond acceptors (Lipinski definition) is 3. The van der Waals surface area contributed by atoms with Gasteiger partial charge in [-0.2, -0.15) is 0 Å². The summed E-state index contributed by atoms with van der Waals surface area (Å²) in [5.74, 6) is 0.120. The van der Waals surface area contributed by atoms with Gasteiger partial charge in [0.25, 0.3) is 5.91 Å². The molecule has 0 aromatic carbocycles. The Morgan fingerprint density at radius 1 is 1.77 bits per heavy atom. The minimum absolute atomic E-state index is 0.0679. The van der Waals surface area contributed by atoms with Crippen LogP contribution in [0.25, 0.3) is 0 Å². The highest BCUT2D eigenvalue weighted by atomic mass is 16.3. The molecule has 0 aliphatic heterocycles. The Morgan fingerprint density at radius 2 is 2.54 bits per heavy atom. The van der Waals surface area contributed by atoms with Crippen molar-refractivity contribution >= 4 is 5.91 Å². The van der Waals surface area contributed by atoms with E-state index in [0.29, 0.717) is 12.3 Å². The molecular weight excluding hydrogens is 170 g/mol. The Morgan fingerprint density at radius 3 is 3.08 bits per heavy atom. The van der Waals surface area contributed by atoms with Crippen molar-refractivity contribution in [1.29, 1.82) is 0 Å². The van der Waals surface area contributed by atoms with Gasteiger partial charge in [-0.1, -0.05) is 6.92 Å². The van der Waals surface area contributed by atoms with Crippen LogP contribution in [-0.2, 0) is 0 Å². The van der Waals surface area contributed by atoms with Crippen LogP contribution < -0.4 is 5.32 Å². The van der Waals surface area contributed by atoms with E-state index >= 15 is 0 Å². The van der Waals surface area contributed by atoms with E-state index in [0.717, 1.165) is 0 Å². The lowest BCUT2D eigenvalue weighted by Crippen LogP contribution is -2.29. The largest absolute Gasteiger partial charge is 0.459 e. The summed E-state index contributed by atoms with van der Waals surface area (Å²) in [4.78, 5) is 11.2. The number of carbonyl (C=O) groups is 1. The highest BCUT2D eigenvalue weighted by molar-refractivity contribution is 5.91. The molecule has 1 rings (SSSR count). The van der Waals surface area contributed by atoms with E-state index in [2.05, 4.69) is 5.32 Å². The molecule has 0 bridgehead atoms. The van der Waals surface area contributed by atoms with Crippen LogP contribution in [-0.4, -0.2) is 24.2 Å². The minimum atomic E-state index is -0.245. The third-order valence-corrected chi connectivity index (χ3v) is 1.67. The van der Waals surface area contributed by atoms with E-state index < -0.39 is 0 Å². The molecule has 1 unspecified atom stereocenters. The third-order valence-electron chi connectivity index (χ3n) is 1.67. The summed E-state index contributed by atoms with van der Waals surface area (Å²) in [7, 11) is 0. The smallest absolute Gasteiger partial charge is 0.286 e. The number of rotatable bonds is 4. The quantitative estimate of drug-likeness (QED) is 0.720. The van der Waals surface area contributed by atoms with Gasteiger partial charge in [0.2, 0.25) is 0 Å². The zero-order valence-electron chi connectivity index (χ0n) is 7.49. The first-order chi connectivity index (χ1) is 6.24. The molecule has 13 heavy (non-hydrogen) atoms. The predicted molar refractivity (Wildman–Crippen MR) is 47.3 cm³/mol. The Balaban J connectivity index is 2.35. The average molecular weight is 183 g/mol. The van der Waals surface area contributed by atoms with Crippen LogP contribution >= 0.6 is 0 Å². The first kappa shape index (κ1) is 9.80. The third kappa shape index (κ3) is 2.91. The van der Waals surface area contributed by atoms with Crippen LogP contribution in [0.5, 0.6) is 0 Å². The second kappa shape index (κ2) is 4.67. The standard InChI is InChI=1S/C9H13NO3/c1-7(6-11)5-10-9(12)8-3-2-4-13-8/h2-4,7,11H,5-6H2,1H3,(H,10,12). The van der Waals surface area contributed by atoms with E-state index in [1.54, 1.807) is 12.1 Å². The van der Waals surface area contributed by atoms with E-state index in [1.807, 2.05) is 6.92 Å². The van der Waals surface area contributed by atoms with E-state index in [1.165, 1.54) is 6.26 Å². The fraction of sp³-hybridized carbons (Fsp3) is 0.444. The fourth-order valence-corrected chi connectivity index (χ4v) is 0.826. The molecule has 0 aliphatic rings. The first-order valence-corrected chi connectivity index (χ1v) is 4.16. The molecule has 4 heteroatoms. The minimum Gasteiger partial charge on any atom is -0.459 e. The average Bonchev–Trinajstić information content (AvgIpc) is 2.66. The van der Waals surface area contributed by atoms with E-state index in [4.69, 9.17) is 9.52 Å². The molecule has 0 aliphatic carbocycles. The van der Waals surface area contributed by atoms with Crippen LogP contribution in [0.1, 0.15) is 17.5 Å². The van der Waals surface area contributed by atoms with Gasteiger partial charge in [-0.05, 0) is 18.1 Å².